The van der Waals surface area contributed by atoms with Crippen LogP contribution in [0.5, 0.6) is 0 Å². The van der Waals surface area contributed by atoms with Gasteiger partial charge in [0.1, 0.15) is 11.3 Å². The summed E-state index contributed by atoms with van der Waals surface area (Å²) >= 11 is 0. The highest BCUT2D eigenvalue weighted by Gasteiger charge is 2.27. The number of allylic oxidation sites excluding steroid dienone is 1. The summed E-state index contributed by atoms with van der Waals surface area (Å²) in [6.45, 7) is 0. The van der Waals surface area contributed by atoms with Crippen LogP contribution in [0.3, 0.4) is 0 Å². The van der Waals surface area contributed by atoms with E-state index in [9.17, 15) is 0 Å². The Labute approximate surface area is 266 Å². The van der Waals surface area contributed by atoms with Gasteiger partial charge in [-0.15, -0.1) is 0 Å². The number of hydrogen-bond donors (Lipinski definition) is 0. The average Bonchev–Trinajstić information content (AvgIpc) is 3.65. The van der Waals surface area contributed by atoms with Crippen LogP contribution in [0.15, 0.2) is 156 Å². The molecule has 216 valence electrons. The highest BCUT2D eigenvalue weighted by atomic mass is 16.3. The second-order valence-corrected chi connectivity index (χ2v) is 12.4. The zero-order valence-electron chi connectivity index (χ0n) is 25.2. The van der Waals surface area contributed by atoms with Crippen molar-refractivity contribution in [2.75, 3.05) is 0 Å². The molecule has 1 atom stereocenters. The first-order valence-electron chi connectivity index (χ1n) is 16.0. The maximum Gasteiger partial charge on any atom is 0.135 e. The Morgan fingerprint density at radius 3 is 2.02 bits per heavy atom. The molecule has 1 aliphatic rings. The molecule has 0 amide bonds. The minimum Gasteiger partial charge on any atom is -0.456 e. The molecule has 2 heteroatoms. The van der Waals surface area contributed by atoms with Gasteiger partial charge in [-0.3, -0.25) is 0 Å². The van der Waals surface area contributed by atoms with Crippen LogP contribution >= 0.6 is 0 Å². The predicted molar refractivity (Wildman–Crippen MR) is 193 cm³/mol. The van der Waals surface area contributed by atoms with Gasteiger partial charge in [-0.05, 0) is 87.1 Å². The topological polar surface area (TPSA) is 18.1 Å². The van der Waals surface area contributed by atoms with Crippen molar-refractivity contribution in [2.24, 2.45) is 0 Å². The third kappa shape index (κ3) is 3.64. The van der Waals surface area contributed by atoms with Crippen LogP contribution in [0.1, 0.15) is 22.8 Å². The molecular weight excluding hydrogens is 558 g/mol. The van der Waals surface area contributed by atoms with E-state index in [-0.39, 0.29) is 5.92 Å². The van der Waals surface area contributed by atoms with Crippen molar-refractivity contribution in [3.63, 3.8) is 0 Å². The summed E-state index contributed by atoms with van der Waals surface area (Å²) in [6, 6.07) is 52.9. The Morgan fingerprint density at radius 1 is 0.522 bits per heavy atom. The number of hydrogen-bond acceptors (Lipinski definition) is 1. The van der Waals surface area contributed by atoms with Crippen molar-refractivity contribution in [2.45, 2.75) is 12.3 Å². The fourth-order valence-corrected chi connectivity index (χ4v) is 7.99. The minimum atomic E-state index is 0.200. The lowest BCUT2D eigenvalue weighted by atomic mass is 9.79. The molecule has 0 radical (unpaired) electrons. The highest BCUT2D eigenvalue weighted by Crippen LogP contribution is 2.47. The fraction of sp³-hybridized carbons (Fsp3) is 0.0455. The van der Waals surface area contributed by atoms with E-state index < -0.39 is 0 Å². The molecule has 0 fully saturated rings. The van der Waals surface area contributed by atoms with Crippen LogP contribution in [0.4, 0.5) is 0 Å². The van der Waals surface area contributed by atoms with Gasteiger partial charge in [0, 0.05) is 33.3 Å². The Bertz CT molecular complexity index is 2660. The lowest BCUT2D eigenvalue weighted by Gasteiger charge is -2.24. The number of benzene rings is 7. The first-order valence-corrected chi connectivity index (χ1v) is 16.0. The Balaban J connectivity index is 1.36. The van der Waals surface area contributed by atoms with Gasteiger partial charge in [-0.2, -0.15) is 0 Å². The van der Waals surface area contributed by atoms with Crippen LogP contribution in [0.25, 0.3) is 77.2 Å². The van der Waals surface area contributed by atoms with Crippen LogP contribution in [-0.4, -0.2) is 4.57 Å². The summed E-state index contributed by atoms with van der Waals surface area (Å²) < 4.78 is 8.72. The van der Waals surface area contributed by atoms with E-state index in [4.69, 9.17) is 4.42 Å². The zero-order valence-corrected chi connectivity index (χ0v) is 25.2. The van der Waals surface area contributed by atoms with E-state index in [2.05, 4.69) is 162 Å². The van der Waals surface area contributed by atoms with Crippen molar-refractivity contribution in [3.05, 3.63) is 169 Å². The Kier molecular flexibility index (Phi) is 5.44. The standard InChI is InChI=1S/C44H29NO/c1-3-13-28(14-4-1)43-33-19-7-8-20-34(33)44(29-23-24-42-36(25-29)32-18-10-12-22-41(32)46-42)37-26-35-31-17-9-11-21-39(31)45(40(35)27-38(37)43)30-15-5-2-6-16-30/h1-24,26-27,29H,25H2. The average molecular weight is 588 g/mol. The molecule has 1 unspecified atom stereocenters. The number of rotatable bonds is 3. The quantitative estimate of drug-likeness (QED) is 0.188. The zero-order chi connectivity index (χ0) is 30.2. The number of aromatic nitrogens is 1. The number of nitrogens with zero attached hydrogens (tertiary/aromatic N) is 1. The molecule has 46 heavy (non-hydrogen) atoms. The highest BCUT2D eigenvalue weighted by molar-refractivity contribution is 6.21. The number of para-hydroxylation sites is 3. The van der Waals surface area contributed by atoms with Gasteiger partial charge in [0.15, 0.2) is 0 Å². The van der Waals surface area contributed by atoms with Gasteiger partial charge < -0.3 is 8.98 Å². The fourth-order valence-electron chi connectivity index (χ4n) is 7.99. The molecule has 2 nitrogen and oxygen atoms in total. The molecule has 0 aliphatic heterocycles. The summed E-state index contributed by atoms with van der Waals surface area (Å²) in [4.78, 5) is 0. The second kappa shape index (κ2) is 9.82. The SMILES string of the molecule is C1=CC(c2c3ccccc3c(-c3ccccc3)c3cc4c(cc23)c2ccccc2n4-c2ccccc2)Cc2c1oc1ccccc21. The largest absolute Gasteiger partial charge is 0.456 e. The van der Waals surface area contributed by atoms with E-state index in [1.54, 1.807) is 0 Å². The third-order valence-corrected chi connectivity index (χ3v) is 9.94. The van der Waals surface area contributed by atoms with Gasteiger partial charge in [-0.1, -0.05) is 115 Å². The summed E-state index contributed by atoms with van der Waals surface area (Å²) in [6.07, 6.45) is 5.47. The molecule has 0 spiro atoms. The normalized spacial score (nSPS) is 14.6. The monoisotopic (exact) mass is 587 g/mol. The second-order valence-electron chi connectivity index (χ2n) is 12.4. The van der Waals surface area contributed by atoms with Gasteiger partial charge in [0.2, 0.25) is 0 Å². The molecule has 1 aliphatic carbocycles. The summed E-state index contributed by atoms with van der Waals surface area (Å²) in [5.74, 6) is 1.19. The van der Waals surface area contributed by atoms with E-state index in [1.807, 2.05) is 0 Å². The Hall–Kier alpha value is -5.86. The minimum absolute atomic E-state index is 0.200. The van der Waals surface area contributed by atoms with Gasteiger partial charge in [0.05, 0.1) is 11.0 Å². The smallest absolute Gasteiger partial charge is 0.135 e. The van der Waals surface area contributed by atoms with Crippen molar-refractivity contribution < 1.29 is 4.42 Å². The molecule has 10 rings (SSSR count). The first kappa shape index (κ1) is 25.5. The summed E-state index contributed by atoms with van der Waals surface area (Å²) in [7, 11) is 0. The Morgan fingerprint density at radius 2 is 1.20 bits per heavy atom. The van der Waals surface area contributed by atoms with Crippen molar-refractivity contribution in [1.82, 2.24) is 4.57 Å². The maximum atomic E-state index is 6.29. The molecule has 2 aromatic heterocycles. The number of fused-ring (bicyclic) bond motifs is 8. The number of furan rings is 1. The van der Waals surface area contributed by atoms with Gasteiger partial charge in [0.25, 0.3) is 0 Å². The lowest BCUT2D eigenvalue weighted by Crippen LogP contribution is -2.07. The van der Waals surface area contributed by atoms with Gasteiger partial charge in [-0.25, -0.2) is 0 Å². The summed E-state index contributed by atoms with van der Waals surface area (Å²) in [5.41, 5.74) is 9.78. The predicted octanol–water partition coefficient (Wildman–Crippen LogP) is 11.9. The van der Waals surface area contributed by atoms with E-state index in [1.165, 1.54) is 76.7 Å². The molecular formula is C44H29NO. The summed E-state index contributed by atoms with van der Waals surface area (Å²) in [5, 5.41) is 8.95. The van der Waals surface area contributed by atoms with Gasteiger partial charge >= 0.3 is 0 Å². The van der Waals surface area contributed by atoms with Crippen LogP contribution in [0.2, 0.25) is 0 Å². The van der Waals surface area contributed by atoms with Crippen LogP contribution in [-0.2, 0) is 6.42 Å². The molecule has 0 saturated heterocycles. The maximum absolute atomic E-state index is 6.29. The molecule has 7 aromatic carbocycles. The first-order chi connectivity index (χ1) is 22.8. The lowest BCUT2D eigenvalue weighted by molar-refractivity contribution is 0.592. The molecule has 0 N–H and O–H groups in total. The molecule has 0 saturated carbocycles. The third-order valence-electron chi connectivity index (χ3n) is 9.94. The molecule has 9 aromatic rings. The van der Waals surface area contributed by atoms with E-state index in [0.717, 1.165) is 17.8 Å². The van der Waals surface area contributed by atoms with E-state index >= 15 is 0 Å². The molecule has 0 bridgehead atoms. The van der Waals surface area contributed by atoms with E-state index in [0.29, 0.717) is 0 Å². The molecule has 2 heterocycles. The van der Waals surface area contributed by atoms with Crippen LogP contribution in [0, 0.1) is 0 Å². The van der Waals surface area contributed by atoms with Crippen molar-refractivity contribution in [3.8, 4) is 16.8 Å². The van der Waals surface area contributed by atoms with Crippen molar-refractivity contribution >= 4 is 60.4 Å². The van der Waals surface area contributed by atoms with Crippen LogP contribution < -0.4 is 0 Å². The van der Waals surface area contributed by atoms with Crippen molar-refractivity contribution in [1.29, 1.82) is 0 Å².